The van der Waals surface area contributed by atoms with Gasteiger partial charge in [0.05, 0.1) is 6.10 Å². The fraction of sp³-hybridized carbons (Fsp3) is 0.625. The van der Waals surface area contributed by atoms with Gasteiger partial charge >= 0.3 is 0 Å². The lowest BCUT2D eigenvalue weighted by molar-refractivity contribution is 0.0899. The molecule has 2 nitrogen and oxygen atoms in total. The van der Waals surface area contributed by atoms with Crippen LogP contribution in [0, 0.1) is 6.92 Å². The van der Waals surface area contributed by atoms with Crippen LogP contribution in [0.25, 0.3) is 0 Å². The SMILES string of the molecule is Cc1ccccc1C1(CCC2CCCO2)CNC1. The minimum atomic E-state index is 0.372. The Kier molecular flexibility index (Phi) is 3.40. The molecule has 0 aliphatic carbocycles. The van der Waals surface area contributed by atoms with Crippen LogP contribution in [0.2, 0.25) is 0 Å². The van der Waals surface area contributed by atoms with E-state index in [2.05, 4.69) is 36.5 Å². The molecule has 0 bridgehead atoms. The predicted molar refractivity (Wildman–Crippen MR) is 73.9 cm³/mol. The number of nitrogens with one attached hydrogen (secondary N) is 1. The molecule has 1 aromatic carbocycles. The first-order valence-corrected chi connectivity index (χ1v) is 7.19. The van der Waals surface area contributed by atoms with Gasteiger partial charge in [0.2, 0.25) is 0 Å². The van der Waals surface area contributed by atoms with E-state index in [4.69, 9.17) is 4.74 Å². The first-order valence-electron chi connectivity index (χ1n) is 7.19. The van der Waals surface area contributed by atoms with Gasteiger partial charge in [0.15, 0.2) is 0 Å². The Morgan fingerprint density at radius 2 is 2.17 bits per heavy atom. The van der Waals surface area contributed by atoms with Crippen LogP contribution in [0.5, 0.6) is 0 Å². The maximum Gasteiger partial charge on any atom is 0.0576 e. The highest BCUT2D eigenvalue weighted by molar-refractivity contribution is 5.36. The topological polar surface area (TPSA) is 21.3 Å². The van der Waals surface area contributed by atoms with E-state index >= 15 is 0 Å². The van der Waals surface area contributed by atoms with Crippen molar-refractivity contribution in [3.8, 4) is 0 Å². The third-order valence-electron chi connectivity index (χ3n) is 4.61. The van der Waals surface area contributed by atoms with Gasteiger partial charge in [-0.05, 0) is 43.7 Å². The van der Waals surface area contributed by atoms with E-state index in [9.17, 15) is 0 Å². The summed E-state index contributed by atoms with van der Waals surface area (Å²) in [7, 11) is 0. The van der Waals surface area contributed by atoms with Crippen molar-refractivity contribution >= 4 is 0 Å². The molecule has 98 valence electrons. The van der Waals surface area contributed by atoms with Crippen molar-refractivity contribution in [2.24, 2.45) is 0 Å². The standard InChI is InChI=1S/C16H23NO/c1-13-5-2-3-7-15(13)16(11-17-12-16)9-8-14-6-4-10-18-14/h2-3,5,7,14,17H,4,6,8-12H2,1H3. The highest BCUT2D eigenvalue weighted by atomic mass is 16.5. The zero-order valence-corrected chi connectivity index (χ0v) is 11.2. The van der Waals surface area contributed by atoms with Crippen LogP contribution < -0.4 is 5.32 Å². The lowest BCUT2D eigenvalue weighted by Crippen LogP contribution is -2.57. The summed E-state index contributed by atoms with van der Waals surface area (Å²) < 4.78 is 5.76. The molecule has 1 aromatic rings. The number of benzene rings is 1. The lowest BCUT2D eigenvalue weighted by Gasteiger charge is -2.44. The van der Waals surface area contributed by atoms with E-state index in [1.54, 1.807) is 5.56 Å². The monoisotopic (exact) mass is 245 g/mol. The molecule has 2 heteroatoms. The molecule has 2 aliphatic rings. The molecule has 0 aromatic heterocycles. The number of hydrogen-bond acceptors (Lipinski definition) is 2. The molecule has 0 amide bonds. The smallest absolute Gasteiger partial charge is 0.0576 e. The summed E-state index contributed by atoms with van der Waals surface area (Å²) >= 11 is 0. The maximum absolute atomic E-state index is 5.76. The molecule has 2 heterocycles. The van der Waals surface area contributed by atoms with Crippen LogP contribution in [-0.4, -0.2) is 25.8 Å². The molecular weight excluding hydrogens is 222 g/mol. The molecule has 2 aliphatic heterocycles. The van der Waals surface area contributed by atoms with Crippen molar-refractivity contribution in [2.45, 2.75) is 44.1 Å². The zero-order valence-electron chi connectivity index (χ0n) is 11.2. The van der Waals surface area contributed by atoms with Gasteiger partial charge in [-0.1, -0.05) is 24.3 Å². The number of aryl methyl sites for hydroxylation is 1. The Morgan fingerprint density at radius 1 is 1.33 bits per heavy atom. The quantitative estimate of drug-likeness (QED) is 0.880. The third kappa shape index (κ3) is 2.19. The third-order valence-corrected chi connectivity index (χ3v) is 4.61. The van der Waals surface area contributed by atoms with Crippen LogP contribution >= 0.6 is 0 Å². The minimum Gasteiger partial charge on any atom is -0.378 e. The first kappa shape index (κ1) is 12.2. The Labute approximate surface area is 110 Å². The van der Waals surface area contributed by atoms with Crippen LogP contribution in [0.1, 0.15) is 36.8 Å². The van der Waals surface area contributed by atoms with E-state index in [0.717, 1.165) is 19.7 Å². The summed E-state index contributed by atoms with van der Waals surface area (Å²) in [6, 6.07) is 8.86. The molecule has 2 saturated heterocycles. The summed E-state index contributed by atoms with van der Waals surface area (Å²) in [5.74, 6) is 0. The van der Waals surface area contributed by atoms with E-state index in [1.165, 1.54) is 31.2 Å². The van der Waals surface area contributed by atoms with Crippen LogP contribution in [0.3, 0.4) is 0 Å². The number of rotatable bonds is 4. The first-order chi connectivity index (χ1) is 8.80. The maximum atomic E-state index is 5.76. The normalized spacial score (nSPS) is 25.9. The van der Waals surface area contributed by atoms with Gasteiger partial charge in [0, 0.05) is 25.1 Å². The van der Waals surface area contributed by atoms with Gasteiger partial charge in [-0.25, -0.2) is 0 Å². The average molecular weight is 245 g/mol. The Hall–Kier alpha value is -0.860. The molecule has 0 spiro atoms. The highest BCUT2D eigenvalue weighted by Crippen LogP contribution is 2.36. The fourth-order valence-corrected chi connectivity index (χ4v) is 3.41. The van der Waals surface area contributed by atoms with Crippen molar-refractivity contribution in [1.29, 1.82) is 0 Å². The van der Waals surface area contributed by atoms with Crippen molar-refractivity contribution < 1.29 is 4.74 Å². The molecule has 0 saturated carbocycles. The molecule has 0 radical (unpaired) electrons. The van der Waals surface area contributed by atoms with Gasteiger partial charge in [0.25, 0.3) is 0 Å². The molecule has 1 unspecified atom stereocenters. The summed E-state index contributed by atoms with van der Waals surface area (Å²) in [5.41, 5.74) is 3.35. The van der Waals surface area contributed by atoms with Crippen LogP contribution in [-0.2, 0) is 10.2 Å². The van der Waals surface area contributed by atoms with E-state index < -0.39 is 0 Å². The van der Waals surface area contributed by atoms with Crippen LogP contribution in [0.15, 0.2) is 24.3 Å². The van der Waals surface area contributed by atoms with E-state index in [1.807, 2.05) is 0 Å². The number of ether oxygens (including phenoxy) is 1. The summed E-state index contributed by atoms with van der Waals surface area (Å²) in [6.45, 7) is 5.47. The van der Waals surface area contributed by atoms with Gasteiger partial charge in [0.1, 0.15) is 0 Å². The summed E-state index contributed by atoms with van der Waals surface area (Å²) in [4.78, 5) is 0. The second-order valence-corrected chi connectivity index (χ2v) is 5.87. The molecule has 3 rings (SSSR count). The Bertz CT molecular complexity index is 405. The largest absolute Gasteiger partial charge is 0.378 e. The van der Waals surface area contributed by atoms with Gasteiger partial charge in [-0.15, -0.1) is 0 Å². The highest BCUT2D eigenvalue weighted by Gasteiger charge is 2.39. The number of hydrogen-bond donors (Lipinski definition) is 1. The average Bonchev–Trinajstić information content (AvgIpc) is 2.83. The lowest BCUT2D eigenvalue weighted by atomic mass is 9.70. The Balaban J connectivity index is 1.71. The molecule has 1 atom stereocenters. The summed E-state index contributed by atoms with van der Waals surface area (Å²) in [6.07, 6.45) is 5.51. The second kappa shape index (κ2) is 5.02. The van der Waals surface area contributed by atoms with Crippen molar-refractivity contribution in [3.05, 3.63) is 35.4 Å². The minimum absolute atomic E-state index is 0.372. The summed E-state index contributed by atoms with van der Waals surface area (Å²) in [5, 5.41) is 3.46. The molecular formula is C16H23NO. The Morgan fingerprint density at radius 3 is 2.78 bits per heavy atom. The predicted octanol–water partition coefficient (Wildman–Crippen LogP) is 2.80. The zero-order chi connectivity index (χ0) is 12.4. The van der Waals surface area contributed by atoms with Crippen molar-refractivity contribution in [3.63, 3.8) is 0 Å². The molecule has 18 heavy (non-hydrogen) atoms. The van der Waals surface area contributed by atoms with E-state index in [-0.39, 0.29) is 0 Å². The van der Waals surface area contributed by atoms with Gasteiger partial charge in [-0.3, -0.25) is 0 Å². The van der Waals surface area contributed by atoms with Crippen molar-refractivity contribution in [2.75, 3.05) is 19.7 Å². The van der Waals surface area contributed by atoms with E-state index in [0.29, 0.717) is 11.5 Å². The van der Waals surface area contributed by atoms with Gasteiger partial charge in [-0.2, -0.15) is 0 Å². The van der Waals surface area contributed by atoms with Gasteiger partial charge < -0.3 is 10.1 Å². The van der Waals surface area contributed by atoms with Crippen LogP contribution in [0.4, 0.5) is 0 Å². The fourth-order valence-electron chi connectivity index (χ4n) is 3.41. The van der Waals surface area contributed by atoms with Crippen molar-refractivity contribution in [1.82, 2.24) is 5.32 Å². The molecule has 1 N–H and O–H groups in total. The molecule has 2 fully saturated rings. The second-order valence-electron chi connectivity index (χ2n) is 5.87.